The third-order valence-electron chi connectivity index (χ3n) is 5.97. The summed E-state index contributed by atoms with van der Waals surface area (Å²) in [5, 5.41) is 12.4. The first kappa shape index (κ1) is 22.0. The van der Waals surface area contributed by atoms with Gasteiger partial charge in [-0.2, -0.15) is 5.26 Å². The highest BCUT2D eigenvalue weighted by molar-refractivity contribution is 6.31. The Labute approximate surface area is 191 Å². The monoisotopic (exact) mass is 453 g/mol. The van der Waals surface area contributed by atoms with Crippen molar-refractivity contribution in [1.29, 1.82) is 5.26 Å². The molecule has 0 radical (unpaired) electrons. The fraction of sp³-hybridized carbons (Fsp3) is 0.435. The lowest BCUT2D eigenvalue weighted by molar-refractivity contribution is -0.110. The lowest BCUT2D eigenvalue weighted by Gasteiger charge is -2.29. The van der Waals surface area contributed by atoms with Gasteiger partial charge in [0, 0.05) is 43.5 Å². The number of amides is 1. The molecule has 1 saturated heterocycles. The van der Waals surface area contributed by atoms with E-state index in [0.717, 1.165) is 44.9 Å². The average molecular weight is 454 g/mol. The Balaban J connectivity index is 1.25. The van der Waals surface area contributed by atoms with Gasteiger partial charge in [0.2, 0.25) is 5.95 Å². The Morgan fingerprint density at radius 2 is 1.97 bits per heavy atom. The number of carbonyl (C=O) groups is 2. The number of rotatable bonds is 6. The topological polar surface area (TPSA) is 108 Å². The lowest BCUT2D eigenvalue weighted by atomic mass is 9.92. The van der Waals surface area contributed by atoms with Crippen molar-refractivity contribution in [3.05, 3.63) is 46.7 Å². The van der Waals surface area contributed by atoms with E-state index >= 15 is 0 Å². The van der Waals surface area contributed by atoms with E-state index in [0.29, 0.717) is 34.4 Å². The molecule has 1 aromatic carbocycles. The second-order valence-corrected chi connectivity index (χ2v) is 8.63. The molecule has 2 fully saturated rings. The summed E-state index contributed by atoms with van der Waals surface area (Å²) in [6.07, 6.45) is 8.13. The third-order valence-corrected chi connectivity index (χ3v) is 6.29. The van der Waals surface area contributed by atoms with E-state index < -0.39 is 0 Å². The Morgan fingerprint density at radius 3 is 2.59 bits per heavy atom. The maximum Gasteiger partial charge on any atom is 0.254 e. The fourth-order valence-electron chi connectivity index (χ4n) is 4.13. The predicted octanol–water partition coefficient (Wildman–Crippen LogP) is 3.15. The van der Waals surface area contributed by atoms with Crippen LogP contribution in [0, 0.1) is 17.2 Å². The van der Waals surface area contributed by atoms with Crippen LogP contribution in [0.3, 0.4) is 0 Å². The molecule has 1 aliphatic carbocycles. The van der Waals surface area contributed by atoms with Crippen molar-refractivity contribution < 1.29 is 14.3 Å². The van der Waals surface area contributed by atoms with Crippen molar-refractivity contribution in [2.45, 2.75) is 44.2 Å². The molecule has 1 amide bonds. The number of hydrogen-bond donors (Lipinski definition) is 1. The first-order valence-corrected chi connectivity index (χ1v) is 11.1. The Kier molecular flexibility index (Phi) is 6.86. The van der Waals surface area contributed by atoms with Crippen molar-refractivity contribution in [3.8, 4) is 11.8 Å². The molecule has 166 valence electrons. The van der Waals surface area contributed by atoms with Crippen molar-refractivity contribution in [2.24, 2.45) is 5.92 Å². The molecule has 2 aromatic rings. The smallest absolute Gasteiger partial charge is 0.254 e. The van der Waals surface area contributed by atoms with E-state index in [-0.39, 0.29) is 24.0 Å². The standard InChI is InChI=1S/C23H24ClN5O3/c24-21-9-20(4-1-16(21)10-25)32-19-5-2-18(3-6-19)28-22(31)17-11-26-23(27-12-17)29-8-7-15(13-29)14-30/h1,4,9,11-12,14-15,18-19H,2-3,5-8,13H2,(H,28,31)/t15-,18?,19?/m1/s1. The summed E-state index contributed by atoms with van der Waals surface area (Å²) in [7, 11) is 0. The Hall–Kier alpha value is -3.18. The van der Waals surface area contributed by atoms with Crippen LogP contribution in [0.4, 0.5) is 5.95 Å². The minimum absolute atomic E-state index is 0.0228. The molecule has 9 heteroatoms. The number of aldehydes is 1. The fourth-order valence-corrected chi connectivity index (χ4v) is 4.34. The van der Waals surface area contributed by atoms with E-state index in [1.165, 1.54) is 12.4 Å². The number of benzene rings is 1. The molecule has 1 aromatic heterocycles. The molecule has 32 heavy (non-hydrogen) atoms. The van der Waals surface area contributed by atoms with Crippen molar-refractivity contribution >= 4 is 29.7 Å². The zero-order valence-corrected chi connectivity index (χ0v) is 18.3. The predicted molar refractivity (Wildman–Crippen MR) is 119 cm³/mol. The number of hydrogen-bond acceptors (Lipinski definition) is 7. The van der Waals surface area contributed by atoms with Crippen LogP contribution in [0.15, 0.2) is 30.6 Å². The van der Waals surface area contributed by atoms with Crippen molar-refractivity contribution in [1.82, 2.24) is 15.3 Å². The average Bonchev–Trinajstić information content (AvgIpc) is 3.30. The van der Waals surface area contributed by atoms with E-state index in [2.05, 4.69) is 15.3 Å². The van der Waals surface area contributed by atoms with Crippen LogP contribution in [-0.4, -0.2) is 47.4 Å². The van der Waals surface area contributed by atoms with Gasteiger partial charge in [-0.3, -0.25) is 4.79 Å². The second kappa shape index (κ2) is 9.96. The van der Waals surface area contributed by atoms with Crippen LogP contribution >= 0.6 is 11.6 Å². The molecule has 1 atom stereocenters. The first-order chi connectivity index (χ1) is 15.6. The van der Waals surface area contributed by atoms with E-state index in [9.17, 15) is 9.59 Å². The van der Waals surface area contributed by atoms with Crippen LogP contribution in [0.2, 0.25) is 5.02 Å². The molecular weight excluding hydrogens is 430 g/mol. The maximum absolute atomic E-state index is 12.6. The van der Waals surface area contributed by atoms with Gasteiger partial charge in [-0.15, -0.1) is 0 Å². The largest absolute Gasteiger partial charge is 0.490 e. The third kappa shape index (κ3) is 5.17. The zero-order valence-electron chi connectivity index (χ0n) is 17.5. The summed E-state index contributed by atoms with van der Waals surface area (Å²) in [5.74, 6) is 1.03. The van der Waals surface area contributed by atoms with Crippen LogP contribution in [0.25, 0.3) is 0 Å². The number of ether oxygens (including phenoxy) is 1. The van der Waals surface area contributed by atoms with Crippen molar-refractivity contribution in [3.63, 3.8) is 0 Å². The van der Waals surface area contributed by atoms with Crippen LogP contribution in [-0.2, 0) is 4.79 Å². The van der Waals surface area contributed by atoms with Gasteiger partial charge in [0.05, 0.1) is 22.3 Å². The summed E-state index contributed by atoms with van der Waals surface area (Å²) in [4.78, 5) is 34.1. The van der Waals surface area contributed by atoms with Gasteiger partial charge in [0.15, 0.2) is 0 Å². The van der Waals surface area contributed by atoms with Gasteiger partial charge in [-0.25, -0.2) is 9.97 Å². The zero-order chi connectivity index (χ0) is 22.5. The molecule has 0 unspecified atom stereocenters. The highest BCUT2D eigenvalue weighted by Gasteiger charge is 2.26. The molecule has 1 saturated carbocycles. The van der Waals surface area contributed by atoms with Gasteiger partial charge in [-0.1, -0.05) is 11.6 Å². The van der Waals surface area contributed by atoms with Gasteiger partial charge in [0.1, 0.15) is 18.1 Å². The molecule has 0 spiro atoms. The van der Waals surface area contributed by atoms with Gasteiger partial charge in [-0.05, 0) is 44.2 Å². The summed E-state index contributed by atoms with van der Waals surface area (Å²) in [5.41, 5.74) is 0.846. The normalized spacial score (nSPS) is 22.8. The van der Waals surface area contributed by atoms with E-state index in [1.54, 1.807) is 18.2 Å². The van der Waals surface area contributed by atoms with E-state index in [1.807, 2.05) is 11.0 Å². The van der Waals surface area contributed by atoms with Crippen LogP contribution in [0.1, 0.15) is 48.0 Å². The highest BCUT2D eigenvalue weighted by atomic mass is 35.5. The quantitative estimate of drug-likeness (QED) is 0.669. The van der Waals surface area contributed by atoms with Gasteiger partial charge < -0.3 is 19.7 Å². The molecule has 0 bridgehead atoms. The summed E-state index contributed by atoms with van der Waals surface area (Å²) in [6.45, 7) is 1.37. The number of nitrogens with zero attached hydrogens (tertiary/aromatic N) is 4. The lowest BCUT2D eigenvalue weighted by Crippen LogP contribution is -2.39. The summed E-state index contributed by atoms with van der Waals surface area (Å²) >= 11 is 6.07. The summed E-state index contributed by atoms with van der Waals surface area (Å²) < 4.78 is 6.00. The van der Waals surface area contributed by atoms with Gasteiger partial charge in [0.25, 0.3) is 5.91 Å². The van der Waals surface area contributed by atoms with Gasteiger partial charge >= 0.3 is 0 Å². The highest BCUT2D eigenvalue weighted by Crippen LogP contribution is 2.27. The van der Waals surface area contributed by atoms with Crippen LogP contribution < -0.4 is 15.0 Å². The molecule has 2 aliphatic rings. The molecule has 1 N–H and O–H groups in total. The maximum atomic E-state index is 12.6. The SMILES string of the molecule is N#Cc1ccc(OC2CCC(NC(=O)c3cnc(N4CC[C@@H](C=O)C4)nc3)CC2)cc1Cl. The number of anilines is 1. The summed E-state index contributed by atoms with van der Waals surface area (Å²) in [6, 6.07) is 7.17. The molecule has 1 aliphatic heterocycles. The molecule has 8 nitrogen and oxygen atoms in total. The first-order valence-electron chi connectivity index (χ1n) is 10.7. The Bertz CT molecular complexity index is 1020. The second-order valence-electron chi connectivity index (χ2n) is 8.22. The number of nitrogens with one attached hydrogen (secondary N) is 1. The number of aromatic nitrogens is 2. The number of nitriles is 1. The van der Waals surface area contributed by atoms with Crippen LogP contribution in [0.5, 0.6) is 5.75 Å². The minimum atomic E-state index is -0.188. The van der Waals surface area contributed by atoms with Crippen molar-refractivity contribution in [2.75, 3.05) is 18.0 Å². The van der Waals surface area contributed by atoms with E-state index in [4.69, 9.17) is 21.6 Å². The molecular formula is C23H24ClN5O3. The molecule has 2 heterocycles. The molecule has 4 rings (SSSR count). The minimum Gasteiger partial charge on any atom is -0.490 e. The number of halogens is 1. The number of carbonyl (C=O) groups excluding carboxylic acids is 2. The Morgan fingerprint density at radius 1 is 1.22 bits per heavy atom.